The largest absolute Gasteiger partial charge is 0.465 e. The van der Waals surface area contributed by atoms with Crippen molar-refractivity contribution in [3.63, 3.8) is 0 Å². The third kappa shape index (κ3) is 2.03. The van der Waals surface area contributed by atoms with Gasteiger partial charge in [0.1, 0.15) is 0 Å². The molecule has 1 fully saturated rings. The van der Waals surface area contributed by atoms with Crippen molar-refractivity contribution in [2.24, 2.45) is 5.41 Å². The van der Waals surface area contributed by atoms with Crippen molar-refractivity contribution in [1.29, 1.82) is 0 Å². The molecule has 1 aromatic rings. The molecule has 2 rings (SSSR count). The number of carbonyl (C=O) groups is 2. The standard InChI is InChI=1S/C13H16O4S/c1-3-16-11(14)13(12(15)17-4-2)8-9(13)10-6-5-7-18-10/h5-7,9H,3-4,8H2,1-2H3. The van der Waals surface area contributed by atoms with Crippen molar-refractivity contribution < 1.29 is 19.1 Å². The molecule has 0 aliphatic heterocycles. The summed E-state index contributed by atoms with van der Waals surface area (Å²) in [5.74, 6) is -1.00. The molecule has 1 heterocycles. The molecule has 0 bridgehead atoms. The van der Waals surface area contributed by atoms with Crippen LogP contribution in [0.25, 0.3) is 0 Å². The molecule has 0 spiro atoms. The maximum atomic E-state index is 12.0. The predicted molar refractivity (Wildman–Crippen MR) is 67.4 cm³/mol. The zero-order valence-corrected chi connectivity index (χ0v) is 11.3. The summed E-state index contributed by atoms with van der Waals surface area (Å²) in [4.78, 5) is 25.1. The Kier molecular flexibility index (Phi) is 3.71. The minimum Gasteiger partial charge on any atom is -0.465 e. The molecule has 1 saturated carbocycles. The van der Waals surface area contributed by atoms with Crippen LogP contribution in [-0.4, -0.2) is 25.2 Å². The number of hydrogen-bond acceptors (Lipinski definition) is 5. The van der Waals surface area contributed by atoms with Crippen LogP contribution in [0.3, 0.4) is 0 Å². The van der Waals surface area contributed by atoms with Crippen LogP contribution in [-0.2, 0) is 19.1 Å². The van der Waals surface area contributed by atoms with E-state index in [1.54, 1.807) is 25.2 Å². The quantitative estimate of drug-likeness (QED) is 0.607. The van der Waals surface area contributed by atoms with Gasteiger partial charge in [-0.3, -0.25) is 9.59 Å². The first kappa shape index (κ1) is 13.1. The van der Waals surface area contributed by atoms with Gasteiger partial charge in [0.05, 0.1) is 13.2 Å². The highest BCUT2D eigenvalue weighted by atomic mass is 32.1. The summed E-state index contributed by atoms with van der Waals surface area (Å²) in [5, 5.41) is 1.94. The molecule has 4 nitrogen and oxygen atoms in total. The molecule has 0 N–H and O–H groups in total. The van der Waals surface area contributed by atoms with Crippen LogP contribution < -0.4 is 0 Å². The van der Waals surface area contributed by atoms with Crippen LogP contribution in [0.5, 0.6) is 0 Å². The Morgan fingerprint density at radius 3 is 2.39 bits per heavy atom. The third-order valence-electron chi connectivity index (χ3n) is 3.13. The second-order valence-corrected chi connectivity index (χ2v) is 5.16. The smallest absolute Gasteiger partial charge is 0.324 e. The summed E-state index contributed by atoms with van der Waals surface area (Å²) in [5.41, 5.74) is -1.10. The fourth-order valence-corrected chi connectivity index (χ4v) is 3.07. The normalized spacial score (nSPS) is 20.2. The topological polar surface area (TPSA) is 52.6 Å². The number of carbonyl (C=O) groups excluding carboxylic acids is 2. The first-order valence-electron chi connectivity index (χ1n) is 6.04. The summed E-state index contributed by atoms with van der Waals surface area (Å²) in [6.45, 7) is 4.02. The molecular formula is C13H16O4S. The SMILES string of the molecule is CCOC(=O)C1(C(=O)OCC)CC1c1cccs1. The van der Waals surface area contributed by atoms with Gasteiger partial charge in [-0.1, -0.05) is 6.07 Å². The summed E-state index contributed by atoms with van der Waals surface area (Å²) in [7, 11) is 0. The van der Waals surface area contributed by atoms with E-state index in [1.807, 2.05) is 17.5 Å². The number of thiophene rings is 1. The minimum atomic E-state index is -1.10. The van der Waals surface area contributed by atoms with Crippen LogP contribution >= 0.6 is 11.3 Å². The molecule has 1 atom stereocenters. The molecule has 1 aromatic heterocycles. The maximum absolute atomic E-state index is 12.0. The lowest BCUT2D eigenvalue weighted by Crippen LogP contribution is -2.31. The van der Waals surface area contributed by atoms with Gasteiger partial charge in [0.2, 0.25) is 0 Å². The average Bonchev–Trinajstić information content (AvgIpc) is 2.88. The summed E-state index contributed by atoms with van der Waals surface area (Å²) in [6, 6.07) is 3.86. The van der Waals surface area contributed by atoms with Crippen molar-refractivity contribution in [2.75, 3.05) is 13.2 Å². The Morgan fingerprint density at radius 2 is 1.94 bits per heavy atom. The Hall–Kier alpha value is -1.36. The van der Waals surface area contributed by atoms with Crippen molar-refractivity contribution in [1.82, 2.24) is 0 Å². The highest BCUT2D eigenvalue weighted by molar-refractivity contribution is 7.10. The van der Waals surface area contributed by atoms with Crippen molar-refractivity contribution in [2.45, 2.75) is 26.2 Å². The van der Waals surface area contributed by atoms with E-state index in [9.17, 15) is 9.59 Å². The van der Waals surface area contributed by atoms with Crippen molar-refractivity contribution in [3.05, 3.63) is 22.4 Å². The second kappa shape index (κ2) is 5.10. The van der Waals surface area contributed by atoms with E-state index in [2.05, 4.69) is 0 Å². The summed E-state index contributed by atoms with van der Waals surface area (Å²) in [6.07, 6.45) is 0.491. The van der Waals surface area contributed by atoms with E-state index in [-0.39, 0.29) is 19.1 Å². The molecular weight excluding hydrogens is 252 g/mol. The second-order valence-electron chi connectivity index (χ2n) is 4.18. The van der Waals surface area contributed by atoms with Gasteiger partial charge in [0, 0.05) is 10.8 Å². The van der Waals surface area contributed by atoms with E-state index in [4.69, 9.17) is 9.47 Å². The maximum Gasteiger partial charge on any atom is 0.324 e. The number of hydrogen-bond donors (Lipinski definition) is 0. The lowest BCUT2D eigenvalue weighted by atomic mass is 10.0. The molecule has 1 aliphatic rings. The van der Waals surface area contributed by atoms with E-state index in [0.29, 0.717) is 6.42 Å². The van der Waals surface area contributed by atoms with Crippen molar-refractivity contribution in [3.8, 4) is 0 Å². The molecule has 1 unspecified atom stereocenters. The van der Waals surface area contributed by atoms with Gasteiger partial charge < -0.3 is 9.47 Å². The average molecular weight is 268 g/mol. The number of esters is 2. The Morgan fingerprint density at radius 1 is 1.33 bits per heavy atom. The monoisotopic (exact) mass is 268 g/mol. The van der Waals surface area contributed by atoms with Crippen molar-refractivity contribution >= 4 is 23.3 Å². The number of ether oxygens (including phenoxy) is 2. The molecule has 0 radical (unpaired) electrons. The molecule has 18 heavy (non-hydrogen) atoms. The molecule has 1 aliphatic carbocycles. The van der Waals surface area contributed by atoms with E-state index >= 15 is 0 Å². The molecule has 98 valence electrons. The van der Waals surface area contributed by atoms with E-state index in [1.165, 1.54) is 0 Å². The zero-order valence-electron chi connectivity index (χ0n) is 10.5. The first-order chi connectivity index (χ1) is 8.66. The molecule has 0 aromatic carbocycles. The summed E-state index contributed by atoms with van der Waals surface area (Å²) < 4.78 is 10.1. The van der Waals surface area contributed by atoms with Crippen LogP contribution in [0.4, 0.5) is 0 Å². The molecule has 5 heteroatoms. The summed E-state index contributed by atoms with van der Waals surface area (Å²) >= 11 is 1.55. The fraction of sp³-hybridized carbons (Fsp3) is 0.538. The Labute approximate surface area is 110 Å². The third-order valence-corrected chi connectivity index (χ3v) is 4.11. The minimum absolute atomic E-state index is 0.0874. The fourth-order valence-electron chi connectivity index (χ4n) is 2.15. The van der Waals surface area contributed by atoms with E-state index in [0.717, 1.165) is 4.88 Å². The van der Waals surface area contributed by atoms with Crippen LogP contribution in [0, 0.1) is 5.41 Å². The van der Waals surface area contributed by atoms with Gasteiger partial charge in [-0.2, -0.15) is 0 Å². The number of rotatable bonds is 5. The lowest BCUT2D eigenvalue weighted by Gasteiger charge is -2.14. The van der Waals surface area contributed by atoms with Crippen LogP contribution in [0.15, 0.2) is 17.5 Å². The first-order valence-corrected chi connectivity index (χ1v) is 6.92. The zero-order chi connectivity index (χ0) is 13.2. The van der Waals surface area contributed by atoms with Crippen LogP contribution in [0.1, 0.15) is 31.1 Å². The van der Waals surface area contributed by atoms with Gasteiger partial charge in [0.15, 0.2) is 5.41 Å². The van der Waals surface area contributed by atoms with Gasteiger partial charge >= 0.3 is 11.9 Å². The molecule has 0 saturated heterocycles. The van der Waals surface area contributed by atoms with E-state index < -0.39 is 17.4 Å². The van der Waals surface area contributed by atoms with Gasteiger partial charge in [0.25, 0.3) is 0 Å². The van der Waals surface area contributed by atoms with Crippen LogP contribution in [0.2, 0.25) is 0 Å². The van der Waals surface area contributed by atoms with Gasteiger partial charge in [-0.15, -0.1) is 11.3 Å². The molecule has 0 amide bonds. The highest BCUT2D eigenvalue weighted by Gasteiger charge is 2.69. The Bertz CT molecular complexity index is 420. The van der Waals surface area contributed by atoms with Gasteiger partial charge in [-0.05, 0) is 31.7 Å². The predicted octanol–water partition coefficient (Wildman–Crippen LogP) is 2.35. The lowest BCUT2D eigenvalue weighted by molar-refractivity contribution is -0.164. The Balaban J connectivity index is 2.21. The highest BCUT2D eigenvalue weighted by Crippen LogP contribution is 2.61. The van der Waals surface area contributed by atoms with Gasteiger partial charge in [-0.25, -0.2) is 0 Å².